The molecule has 1 aliphatic heterocycles. The summed E-state index contributed by atoms with van der Waals surface area (Å²) < 4.78 is 5.14. The second-order valence-corrected chi connectivity index (χ2v) is 6.92. The number of hydrogen-bond donors (Lipinski definition) is 1. The summed E-state index contributed by atoms with van der Waals surface area (Å²) >= 11 is 0. The van der Waals surface area contributed by atoms with Crippen molar-refractivity contribution < 1.29 is 9.53 Å². The van der Waals surface area contributed by atoms with Crippen molar-refractivity contribution in [2.75, 3.05) is 46.4 Å². The van der Waals surface area contributed by atoms with Gasteiger partial charge in [0.25, 0.3) is 0 Å². The van der Waals surface area contributed by atoms with E-state index in [1.807, 2.05) is 41.3 Å². The summed E-state index contributed by atoms with van der Waals surface area (Å²) in [6.45, 7) is 4.95. The number of carbonyl (C=O) groups is 1. The summed E-state index contributed by atoms with van der Waals surface area (Å²) in [7, 11) is 1.72. The molecule has 27 heavy (non-hydrogen) atoms. The van der Waals surface area contributed by atoms with Crippen LogP contribution in [-0.2, 0) is 11.2 Å². The first-order valence-electron chi connectivity index (χ1n) is 9.62. The molecule has 1 N–H and O–H groups in total. The van der Waals surface area contributed by atoms with Crippen LogP contribution in [0.15, 0.2) is 60.7 Å². The van der Waals surface area contributed by atoms with Crippen LogP contribution < -0.4 is 5.32 Å². The molecule has 1 aliphatic rings. The number of benzene rings is 2. The fraction of sp³-hybridized carbons (Fsp3) is 0.409. The van der Waals surface area contributed by atoms with Gasteiger partial charge in [0, 0.05) is 39.8 Å². The summed E-state index contributed by atoms with van der Waals surface area (Å²) in [5.74, 6) is 0. The number of methoxy groups -OCH3 is 1. The molecule has 0 saturated carbocycles. The number of piperazine rings is 1. The Balaban J connectivity index is 1.61. The normalized spacial score (nSPS) is 16.1. The lowest BCUT2D eigenvalue weighted by atomic mass is 9.99. The van der Waals surface area contributed by atoms with Gasteiger partial charge >= 0.3 is 6.03 Å². The third kappa shape index (κ3) is 5.81. The van der Waals surface area contributed by atoms with Crippen molar-refractivity contribution in [3.05, 3.63) is 71.8 Å². The molecular formula is C22H29N3O2. The standard InChI is InChI=1S/C22H29N3O2/c1-27-17-16-24-12-14-25(15-13-24)22(26)23-21(20-10-6-3-7-11-20)18-19-8-4-2-5-9-19/h2-11,21H,12-18H2,1H3,(H,23,26). The Hall–Kier alpha value is -2.37. The van der Waals surface area contributed by atoms with Gasteiger partial charge in [-0.3, -0.25) is 4.90 Å². The highest BCUT2D eigenvalue weighted by Crippen LogP contribution is 2.19. The molecule has 2 amide bonds. The predicted molar refractivity (Wildman–Crippen MR) is 108 cm³/mol. The Labute approximate surface area is 161 Å². The molecule has 0 aromatic heterocycles. The van der Waals surface area contributed by atoms with Gasteiger partial charge in [0.2, 0.25) is 0 Å². The lowest BCUT2D eigenvalue weighted by molar-refractivity contribution is 0.105. The summed E-state index contributed by atoms with van der Waals surface area (Å²) in [4.78, 5) is 17.1. The number of carbonyl (C=O) groups excluding carboxylic acids is 1. The number of rotatable bonds is 7. The van der Waals surface area contributed by atoms with Gasteiger partial charge in [-0.1, -0.05) is 60.7 Å². The highest BCUT2D eigenvalue weighted by Gasteiger charge is 2.23. The van der Waals surface area contributed by atoms with E-state index in [1.54, 1.807) is 7.11 Å². The molecule has 1 unspecified atom stereocenters. The van der Waals surface area contributed by atoms with Gasteiger partial charge in [-0.15, -0.1) is 0 Å². The first-order valence-corrected chi connectivity index (χ1v) is 9.62. The molecule has 0 spiro atoms. The first kappa shape index (κ1) is 19.4. The molecule has 0 radical (unpaired) electrons. The van der Waals surface area contributed by atoms with Gasteiger partial charge in [-0.25, -0.2) is 4.79 Å². The topological polar surface area (TPSA) is 44.8 Å². The van der Waals surface area contributed by atoms with Gasteiger partial charge in [-0.05, 0) is 17.5 Å². The van der Waals surface area contributed by atoms with Gasteiger partial charge in [0.05, 0.1) is 12.6 Å². The van der Waals surface area contributed by atoms with E-state index < -0.39 is 0 Å². The van der Waals surface area contributed by atoms with Crippen molar-refractivity contribution in [2.24, 2.45) is 0 Å². The zero-order valence-electron chi connectivity index (χ0n) is 16.0. The van der Waals surface area contributed by atoms with Crippen LogP contribution in [0.1, 0.15) is 17.2 Å². The van der Waals surface area contributed by atoms with Crippen LogP contribution >= 0.6 is 0 Å². The number of nitrogens with zero attached hydrogens (tertiary/aromatic N) is 2. The zero-order chi connectivity index (χ0) is 18.9. The Morgan fingerprint density at radius 1 is 1.00 bits per heavy atom. The number of amides is 2. The maximum Gasteiger partial charge on any atom is 0.317 e. The van der Waals surface area contributed by atoms with E-state index in [1.165, 1.54) is 5.56 Å². The van der Waals surface area contributed by atoms with Crippen molar-refractivity contribution >= 4 is 6.03 Å². The highest BCUT2D eigenvalue weighted by atomic mass is 16.5. The monoisotopic (exact) mass is 367 g/mol. The molecule has 0 bridgehead atoms. The molecule has 2 aromatic carbocycles. The third-order valence-electron chi connectivity index (χ3n) is 5.05. The van der Waals surface area contributed by atoms with Crippen molar-refractivity contribution in [3.63, 3.8) is 0 Å². The summed E-state index contributed by atoms with van der Waals surface area (Å²) in [5.41, 5.74) is 2.35. The largest absolute Gasteiger partial charge is 0.383 e. The average molecular weight is 367 g/mol. The van der Waals surface area contributed by atoms with E-state index in [4.69, 9.17) is 4.74 Å². The molecule has 5 heteroatoms. The lowest BCUT2D eigenvalue weighted by Gasteiger charge is -2.35. The van der Waals surface area contributed by atoms with Crippen LogP contribution in [0.25, 0.3) is 0 Å². The molecule has 1 atom stereocenters. The van der Waals surface area contributed by atoms with E-state index in [0.29, 0.717) is 0 Å². The van der Waals surface area contributed by atoms with Crippen LogP contribution in [0.5, 0.6) is 0 Å². The fourth-order valence-corrected chi connectivity index (χ4v) is 3.42. The maximum absolute atomic E-state index is 12.9. The lowest BCUT2D eigenvalue weighted by Crippen LogP contribution is -2.52. The molecule has 5 nitrogen and oxygen atoms in total. The first-order chi connectivity index (χ1) is 13.3. The Kier molecular flexibility index (Phi) is 7.25. The van der Waals surface area contributed by atoms with E-state index in [0.717, 1.165) is 51.3 Å². The summed E-state index contributed by atoms with van der Waals surface area (Å²) in [6, 6.07) is 20.5. The minimum Gasteiger partial charge on any atom is -0.383 e. The molecule has 2 aromatic rings. The van der Waals surface area contributed by atoms with E-state index in [9.17, 15) is 4.79 Å². The third-order valence-corrected chi connectivity index (χ3v) is 5.05. The van der Waals surface area contributed by atoms with E-state index >= 15 is 0 Å². The zero-order valence-corrected chi connectivity index (χ0v) is 16.0. The minimum atomic E-state index is -0.0346. The second kappa shape index (κ2) is 10.1. The Bertz CT molecular complexity index is 685. The minimum absolute atomic E-state index is 0.0196. The molecule has 1 heterocycles. The number of ether oxygens (including phenoxy) is 1. The van der Waals surface area contributed by atoms with Crippen molar-refractivity contribution in [1.29, 1.82) is 0 Å². The smallest absolute Gasteiger partial charge is 0.317 e. The van der Waals surface area contributed by atoms with Crippen molar-refractivity contribution in [2.45, 2.75) is 12.5 Å². The van der Waals surface area contributed by atoms with Crippen LogP contribution in [-0.4, -0.2) is 62.3 Å². The molecule has 1 fully saturated rings. The Morgan fingerprint density at radius 2 is 1.63 bits per heavy atom. The highest BCUT2D eigenvalue weighted by molar-refractivity contribution is 5.75. The number of urea groups is 1. The van der Waals surface area contributed by atoms with Crippen molar-refractivity contribution in [3.8, 4) is 0 Å². The van der Waals surface area contributed by atoms with Crippen LogP contribution in [0.2, 0.25) is 0 Å². The van der Waals surface area contributed by atoms with Crippen molar-refractivity contribution in [1.82, 2.24) is 15.1 Å². The molecule has 0 aliphatic carbocycles. The molecule has 144 valence electrons. The van der Waals surface area contributed by atoms with Gasteiger partial charge in [0.1, 0.15) is 0 Å². The molecule has 1 saturated heterocycles. The predicted octanol–water partition coefficient (Wildman–Crippen LogP) is 2.94. The van der Waals surface area contributed by atoms with Crippen LogP contribution in [0.3, 0.4) is 0 Å². The molecular weight excluding hydrogens is 338 g/mol. The van der Waals surface area contributed by atoms with E-state index in [2.05, 4.69) is 34.5 Å². The second-order valence-electron chi connectivity index (χ2n) is 6.92. The van der Waals surface area contributed by atoms with Gasteiger partial charge < -0.3 is 15.0 Å². The van der Waals surface area contributed by atoms with E-state index in [-0.39, 0.29) is 12.1 Å². The van der Waals surface area contributed by atoms with Crippen LogP contribution in [0.4, 0.5) is 4.79 Å². The van der Waals surface area contributed by atoms with Gasteiger partial charge in [-0.2, -0.15) is 0 Å². The summed E-state index contributed by atoms with van der Waals surface area (Å²) in [5, 5.41) is 3.25. The molecule has 3 rings (SSSR count). The number of hydrogen-bond acceptors (Lipinski definition) is 3. The summed E-state index contributed by atoms with van der Waals surface area (Å²) in [6.07, 6.45) is 0.782. The fourth-order valence-electron chi connectivity index (χ4n) is 3.42. The number of nitrogens with one attached hydrogen (secondary N) is 1. The Morgan fingerprint density at radius 3 is 2.26 bits per heavy atom. The van der Waals surface area contributed by atoms with Gasteiger partial charge in [0.15, 0.2) is 0 Å². The van der Waals surface area contributed by atoms with Crippen LogP contribution in [0, 0.1) is 0 Å². The SMILES string of the molecule is COCCN1CCN(C(=O)NC(Cc2ccccc2)c2ccccc2)CC1. The quantitative estimate of drug-likeness (QED) is 0.818. The maximum atomic E-state index is 12.9. The average Bonchev–Trinajstić information content (AvgIpc) is 2.73.